The molecule has 0 atom stereocenters. The van der Waals surface area contributed by atoms with Crippen molar-refractivity contribution < 1.29 is 9.53 Å². The van der Waals surface area contributed by atoms with E-state index in [1.165, 1.54) is 11.8 Å². The van der Waals surface area contributed by atoms with E-state index in [0.717, 1.165) is 22.6 Å². The summed E-state index contributed by atoms with van der Waals surface area (Å²) < 4.78 is 7.29. The molecule has 7 heteroatoms. The summed E-state index contributed by atoms with van der Waals surface area (Å²) in [7, 11) is 1.58. The second-order valence-corrected chi connectivity index (χ2v) is 7.83. The Labute approximate surface area is 185 Å². The molecule has 0 spiro atoms. The molecule has 4 rings (SSSR count). The molecule has 0 bridgehead atoms. The molecule has 1 amide bonds. The quantitative estimate of drug-likeness (QED) is 0.419. The summed E-state index contributed by atoms with van der Waals surface area (Å²) in [6.45, 7) is 2.05. The predicted octanol–water partition coefficient (Wildman–Crippen LogP) is 4.98. The fraction of sp³-hybridized carbons (Fsp3) is 0.125. The van der Waals surface area contributed by atoms with Gasteiger partial charge in [-0.2, -0.15) is 0 Å². The van der Waals surface area contributed by atoms with Gasteiger partial charge in [0.05, 0.1) is 18.6 Å². The zero-order valence-electron chi connectivity index (χ0n) is 17.3. The number of aryl methyl sites for hydroxylation is 1. The van der Waals surface area contributed by atoms with Crippen LogP contribution in [0.2, 0.25) is 0 Å². The van der Waals surface area contributed by atoms with Gasteiger partial charge in [0.25, 0.3) is 0 Å². The van der Waals surface area contributed by atoms with Crippen molar-refractivity contribution in [3.63, 3.8) is 0 Å². The summed E-state index contributed by atoms with van der Waals surface area (Å²) in [4.78, 5) is 12.6. The first-order valence-electron chi connectivity index (χ1n) is 9.79. The minimum absolute atomic E-state index is 0.144. The van der Waals surface area contributed by atoms with Gasteiger partial charge in [-0.25, -0.2) is 0 Å². The Morgan fingerprint density at radius 1 is 1.00 bits per heavy atom. The van der Waals surface area contributed by atoms with Crippen molar-refractivity contribution in [3.8, 4) is 22.8 Å². The van der Waals surface area contributed by atoms with Gasteiger partial charge in [0.2, 0.25) is 5.91 Å². The van der Waals surface area contributed by atoms with E-state index in [4.69, 9.17) is 4.74 Å². The summed E-state index contributed by atoms with van der Waals surface area (Å²) in [5, 5.41) is 12.4. The Morgan fingerprint density at radius 3 is 2.55 bits per heavy atom. The highest BCUT2D eigenvalue weighted by molar-refractivity contribution is 7.99. The fourth-order valence-electron chi connectivity index (χ4n) is 3.20. The third-order valence-electron chi connectivity index (χ3n) is 4.64. The van der Waals surface area contributed by atoms with Crippen molar-refractivity contribution in [1.29, 1.82) is 0 Å². The molecule has 0 saturated heterocycles. The molecule has 0 aliphatic carbocycles. The van der Waals surface area contributed by atoms with Crippen LogP contribution in [0.4, 0.5) is 5.69 Å². The van der Waals surface area contributed by atoms with Gasteiger partial charge in [0, 0.05) is 11.3 Å². The molecule has 0 aliphatic rings. The maximum Gasteiger partial charge on any atom is 0.234 e. The average molecular weight is 431 g/mol. The predicted molar refractivity (Wildman–Crippen MR) is 124 cm³/mol. The number of para-hydroxylation sites is 2. The molecular formula is C24H22N4O2S. The van der Waals surface area contributed by atoms with Crippen molar-refractivity contribution in [2.45, 2.75) is 12.1 Å². The highest BCUT2D eigenvalue weighted by atomic mass is 32.2. The van der Waals surface area contributed by atoms with Crippen LogP contribution in [0.1, 0.15) is 5.56 Å². The molecule has 0 saturated carbocycles. The third-order valence-corrected chi connectivity index (χ3v) is 5.57. The fourth-order valence-corrected chi connectivity index (χ4v) is 3.95. The zero-order valence-corrected chi connectivity index (χ0v) is 18.1. The van der Waals surface area contributed by atoms with Crippen molar-refractivity contribution in [1.82, 2.24) is 14.8 Å². The molecule has 156 valence electrons. The Balaban J connectivity index is 1.60. The first-order chi connectivity index (χ1) is 15.2. The number of methoxy groups -OCH3 is 1. The van der Waals surface area contributed by atoms with Crippen LogP contribution >= 0.6 is 11.8 Å². The van der Waals surface area contributed by atoms with E-state index in [9.17, 15) is 4.79 Å². The lowest BCUT2D eigenvalue weighted by atomic mass is 10.2. The van der Waals surface area contributed by atoms with Crippen LogP contribution in [0.25, 0.3) is 17.1 Å². The molecular weight excluding hydrogens is 408 g/mol. The summed E-state index contributed by atoms with van der Waals surface area (Å²) >= 11 is 1.34. The molecule has 0 fully saturated rings. The van der Waals surface area contributed by atoms with Crippen LogP contribution in [-0.4, -0.2) is 33.5 Å². The number of carbonyl (C=O) groups is 1. The van der Waals surface area contributed by atoms with Crippen molar-refractivity contribution in [2.75, 3.05) is 18.2 Å². The minimum Gasteiger partial charge on any atom is -0.495 e. The maximum absolute atomic E-state index is 12.6. The van der Waals surface area contributed by atoms with E-state index in [1.807, 2.05) is 84.3 Å². The van der Waals surface area contributed by atoms with Crippen LogP contribution in [0.5, 0.6) is 5.75 Å². The topological polar surface area (TPSA) is 69.0 Å². The molecule has 31 heavy (non-hydrogen) atoms. The van der Waals surface area contributed by atoms with Gasteiger partial charge in [0.15, 0.2) is 11.0 Å². The summed E-state index contributed by atoms with van der Waals surface area (Å²) in [5.41, 5.74) is 3.69. The molecule has 1 aromatic heterocycles. The Hall–Kier alpha value is -3.58. The standard InChI is InChI=1S/C24H22N4O2S/c1-17-9-8-12-19(15-17)28-23(18-10-4-3-5-11-18)26-27-24(28)31-16-22(29)25-20-13-6-7-14-21(20)30-2/h3-15H,16H2,1-2H3,(H,25,29). The molecule has 3 aromatic carbocycles. The van der Waals surface area contributed by atoms with Crippen molar-refractivity contribution in [3.05, 3.63) is 84.4 Å². The Morgan fingerprint density at radius 2 is 1.77 bits per heavy atom. The van der Waals surface area contributed by atoms with E-state index in [2.05, 4.69) is 21.6 Å². The van der Waals surface area contributed by atoms with E-state index in [0.29, 0.717) is 16.6 Å². The van der Waals surface area contributed by atoms with Gasteiger partial charge in [-0.15, -0.1) is 10.2 Å². The Bertz CT molecular complexity index is 1190. The van der Waals surface area contributed by atoms with Crippen LogP contribution in [0.3, 0.4) is 0 Å². The number of amides is 1. The first-order valence-corrected chi connectivity index (χ1v) is 10.8. The lowest BCUT2D eigenvalue weighted by Crippen LogP contribution is -2.15. The first kappa shape index (κ1) is 20.7. The summed E-state index contributed by atoms with van der Waals surface area (Å²) in [6.07, 6.45) is 0. The number of anilines is 1. The number of thioether (sulfide) groups is 1. The van der Waals surface area contributed by atoms with Gasteiger partial charge >= 0.3 is 0 Å². The monoisotopic (exact) mass is 430 g/mol. The minimum atomic E-state index is -0.144. The third kappa shape index (κ3) is 4.78. The van der Waals surface area contributed by atoms with Crippen LogP contribution < -0.4 is 10.1 Å². The molecule has 0 radical (unpaired) electrons. The summed E-state index contributed by atoms with van der Waals surface area (Å²) in [6, 6.07) is 25.4. The van der Waals surface area contributed by atoms with Gasteiger partial charge in [0.1, 0.15) is 5.75 Å². The van der Waals surface area contributed by atoms with Crippen LogP contribution in [0.15, 0.2) is 84.0 Å². The number of hydrogen-bond acceptors (Lipinski definition) is 5. The normalized spacial score (nSPS) is 10.6. The van der Waals surface area contributed by atoms with Gasteiger partial charge in [-0.1, -0.05) is 66.4 Å². The SMILES string of the molecule is COc1ccccc1NC(=O)CSc1nnc(-c2ccccc2)n1-c1cccc(C)c1. The van der Waals surface area contributed by atoms with E-state index in [1.54, 1.807) is 7.11 Å². The van der Waals surface area contributed by atoms with E-state index in [-0.39, 0.29) is 11.7 Å². The number of nitrogens with one attached hydrogen (secondary N) is 1. The van der Waals surface area contributed by atoms with E-state index >= 15 is 0 Å². The molecule has 4 aromatic rings. The van der Waals surface area contributed by atoms with Gasteiger partial charge < -0.3 is 10.1 Å². The number of nitrogens with zero attached hydrogens (tertiary/aromatic N) is 3. The highest BCUT2D eigenvalue weighted by Gasteiger charge is 2.17. The van der Waals surface area contributed by atoms with Gasteiger partial charge in [-0.3, -0.25) is 9.36 Å². The van der Waals surface area contributed by atoms with Gasteiger partial charge in [-0.05, 0) is 36.8 Å². The Kier molecular flexibility index (Phi) is 6.33. The smallest absolute Gasteiger partial charge is 0.234 e. The molecule has 0 aliphatic heterocycles. The van der Waals surface area contributed by atoms with Crippen molar-refractivity contribution >= 4 is 23.4 Å². The number of hydrogen-bond donors (Lipinski definition) is 1. The molecule has 1 heterocycles. The number of benzene rings is 3. The highest BCUT2D eigenvalue weighted by Crippen LogP contribution is 2.29. The number of aromatic nitrogens is 3. The van der Waals surface area contributed by atoms with Crippen molar-refractivity contribution in [2.24, 2.45) is 0 Å². The maximum atomic E-state index is 12.6. The van der Waals surface area contributed by atoms with E-state index < -0.39 is 0 Å². The van der Waals surface area contributed by atoms with Crippen LogP contribution in [-0.2, 0) is 4.79 Å². The summed E-state index contributed by atoms with van der Waals surface area (Å²) in [5.74, 6) is 1.40. The number of ether oxygens (including phenoxy) is 1. The zero-order chi connectivity index (χ0) is 21.6. The average Bonchev–Trinajstić information content (AvgIpc) is 3.23. The second kappa shape index (κ2) is 9.49. The number of carbonyl (C=O) groups excluding carboxylic acids is 1. The largest absolute Gasteiger partial charge is 0.495 e. The molecule has 0 unspecified atom stereocenters. The lowest BCUT2D eigenvalue weighted by Gasteiger charge is -2.12. The second-order valence-electron chi connectivity index (χ2n) is 6.88. The number of rotatable bonds is 7. The van der Waals surface area contributed by atoms with Crippen LogP contribution in [0, 0.1) is 6.92 Å². The lowest BCUT2D eigenvalue weighted by molar-refractivity contribution is -0.113. The molecule has 1 N–H and O–H groups in total. The molecule has 6 nitrogen and oxygen atoms in total.